The van der Waals surface area contributed by atoms with Crippen molar-refractivity contribution < 1.29 is 10.2 Å². The van der Waals surface area contributed by atoms with E-state index >= 15 is 0 Å². The van der Waals surface area contributed by atoms with E-state index in [1.807, 2.05) is 0 Å². The van der Waals surface area contributed by atoms with E-state index in [4.69, 9.17) is 15.9 Å². The van der Waals surface area contributed by atoms with Crippen molar-refractivity contribution in [2.45, 2.75) is 25.3 Å². The van der Waals surface area contributed by atoms with Gasteiger partial charge >= 0.3 is 0 Å². The highest BCUT2D eigenvalue weighted by molar-refractivity contribution is 5.19. The first kappa shape index (κ1) is 8.14. The molecule has 0 heterocycles. The summed E-state index contributed by atoms with van der Waals surface area (Å²) in [6.45, 7) is 0. The van der Waals surface area contributed by atoms with Crippen molar-refractivity contribution >= 4 is 0 Å². The van der Waals surface area contributed by atoms with Gasteiger partial charge in [-0.25, -0.2) is 0 Å². The van der Waals surface area contributed by atoms with Crippen LogP contribution in [0.2, 0.25) is 0 Å². The summed E-state index contributed by atoms with van der Waals surface area (Å²) in [5.74, 6) is 0. The Morgan fingerprint density at radius 1 is 1.18 bits per heavy atom. The Kier molecular flexibility index (Phi) is 2.54. The van der Waals surface area contributed by atoms with Crippen molar-refractivity contribution in [3.8, 4) is 0 Å². The molecule has 0 unspecified atom stereocenters. The van der Waals surface area contributed by atoms with Gasteiger partial charge in [0.15, 0.2) is 0 Å². The number of nitrogens with two attached hydrogens (primary N) is 1. The van der Waals surface area contributed by atoms with Gasteiger partial charge in [-0.1, -0.05) is 0 Å². The zero-order valence-electron chi connectivity index (χ0n) is 6.33. The first-order valence-electron chi connectivity index (χ1n) is 3.66. The molecule has 0 atom stereocenters. The first-order valence-corrected chi connectivity index (χ1v) is 3.66. The van der Waals surface area contributed by atoms with Gasteiger partial charge in [-0.15, -0.1) is 0 Å². The molecular weight excluding hydrogens is 142 g/mol. The Balaban J connectivity index is 2.65. The zero-order valence-corrected chi connectivity index (χ0v) is 6.33. The van der Waals surface area contributed by atoms with E-state index in [0.29, 0.717) is 6.42 Å². The van der Waals surface area contributed by atoms with Crippen molar-refractivity contribution in [1.82, 2.24) is 0 Å². The third kappa shape index (κ3) is 1.98. The maximum Gasteiger partial charge on any atom is 0.0787 e. The molecule has 0 saturated heterocycles. The fraction of sp³-hybridized carbons (Fsp3) is 0.500. The fourth-order valence-corrected chi connectivity index (χ4v) is 1.38. The summed E-state index contributed by atoms with van der Waals surface area (Å²) in [4.78, 5) is 0. The quantitative estimate of drug-likeness (QED) is 0.463. The van der Waals surface area contributed by atoms with Gasteiger partial charge in [0.2, 0.25) is 0 Å². The highest BCUT2D eigenvalue weighted by atomic mass is 16.2. The van der Waals surface area contributed by atoms with Gasteiger partial charge in [-0.3, -0.25) is 0 Å². The smallest absolute Gasteiger partial charge is 0.0787 e. The lowest BCUT2D eigenvalue weighted by atomic mass is 9.88. The van der Waals surface area contributed by atoms with Crippen LogP contribution in [0.15, 0.2) is 23.7 Å². The highest BCUT2D eigenvalue weighted by Crippen LogP contribution is 2.26. The van der Waals surface area contributed by atoms with Crippen molar-refractivity contribution in [3.63, 3.8) is 0 Å². The second-order valence-electron chi connectivity index (χ2n) is 2.92. The monoisotopic (exact) mass is 155 g/mol. The van der Waals surface area contributed by atoms with E-state index in [0.717, 1.165) is 36.5 Å². The second kappa shape index (κ2) is 3.44. The van der Waals surface area contributed by atoms with Crippen molar-refractivity contribution in [1.29, 1.82) is 0 Å². The molecule has 1 saturated carbocycles. The summed E-state index contributed by atoms with van der Waals surface area (Å²) >= 11 is 0. The molecule has 0 aromatic rings. The molecule has 1 fully saturated rings. The molecule has 11 heavy (non-hydrogen) atoms. The van der Waals surface area contributed by atoms with Gasteiger partial charge in [0.05, 0.1) is 12.5 Å². The molecule has 0 aromatic carbocycles. The number of aliphatic hydroxyl groups excluding tert-OH is 2. The van der Waals surface area contributed by atoms with Gasteiger partial charge in [0.25, 0.3) is 0 Å². The molecule has 3 heteroatoms. The van der Waals surface area contributed by atoms with E-state index in [9.17, 15) is 0 Å². The van der Waals surface area contributed by atoms with Crippen molar-refractivity contribution in [3.05, 3.63) is 23.7 Å². The molecule has 4 N–H and O–H groups in total. The van der Waals surface area contributed by atoms with Crippen LogP contribution in [0.1, 0.15) is 19.3 Å². The molecule has 0 aliphatic heterocycles. The molecule has 3 nitrogen and oxygen atoms in total. The van der Waals surface area contributed by atoms with Gasteiger partial charge in [-0.2, -0.15) is 0 Å². The second-order valence-corrected chi connectivity index (χ2v) is 2.92. The van der Waals surface area contributed by atoms with Crippen molar-refractivity contribution in [2.75, 3.05) is 0 Å². The third-order valence-electron chi connectivity index (χ3n) is 1.87. The summed E-state index contributed by atoms with van der Waals surface area (Å²) in [7, 11) is 0. The van der Waals surface area contributed by atoms with Crippen molar-refractivity contribution in [2.24, 2.45) is 5.73 Å². The average molecular weight is 155 g/mol. The van der Waals surface area contributed by atoms with E-state index < -0.39 is 0 Å². The minimum Gasteiger partial charge on any atom is -0.516 e. The van der Waals surface area contributed by atoms with Crippen LogP contribution in [0.3, 0.4) is 0 Å². The normalized spacial score (nSPS) is 33.0. The molecule has 1 aliphatic carbocycles. The number of rotatable bonds is 0. The lowest BCUT2D eigenvalue weighted by Gasteiger charge is -2.21. The number of hydrogen-bond acceptors (Lipinski definition) is 3. The third-order valence-corrected chi connectivity index (χ3v) is 1.87. The molecule has 0 bridgehead atoms. The average Bonchev–Trinajstić information content (AvgIpc) is 2.03. The van der Waals surface area contributed by atoms with Crippen LogP contribution in [-0.2, 0) is 0 Å². The molecule has 0 radical (unpaired) electrons. The van der Waals surface area contributed by atoms with E-state index in [-0.39, 0.29) is 6.04 Å². The first-order chi connectivity index (χ1) is 5.26. The Bertz CT molecular complexity index is 176. The van der Waals surface area contributed by atoms with Crippen LogP contribution in [0, 0.1) is 0 Å². The Morgan fingerprint density at radius 2 is 1.64 bits per heavy atom. The summed E-state index contributed by atoms with van der Waals surface area (Å²) < 4.78 is 0. The largest absolute Gasteiger partial charge is 0.516 e. The lowest BCUT2D eigenvalue weighted by Crippen LogP contribution is -2.25. The molecule has 0 spiro atoms. The van der Waals surface area contributed by atoms with Crippen LogP contribution in [0.4, 0.5) is 0 Å². The Morgan fingerprint density at radius 3 is 2.00 bits per heavy atom. The Labute approximate surface area is 65.8 Å². The van der Waals surface area contributed by atoms with Crippen LogP contribution < -0.4 is 5.73 Å². The van der Waals surface area contributed by atoms with Gasteiger partial charge in [0, 0.05) is 6.04 Å². The van der Waals surface area contributed by atoms with Crippen LogP contribution >= 0.6 is 0 Å². The topological polar surface area (TPSA) is 66.5 Å². The molecule has 62 valence electrons. The molecule has 1 aliphatic rings. The molecule has 0 aromatic heterocycles. The highest BCUT2D eigenvalue weighted by Gasteiger charge is 2.17. The molecular formula is C8H13NO2. The number of hydrogen-bond donors (Lipinski definition) is 3. The SMILES string of the molecule is NC1C/C(=C\O)C/C(=C/O)C1. The van der Waals surface area contributed by atoms with Crippen LogP contribution in [-0.4, -0.2) is 16.3 Å². The standard InChI is InChI=1S/C8H13NO2/c9-8-2-6(4-10)1-7(3-8)5-11/h4-5,8,10-11H,1-3,9H2/b6-4-,7-5-. The fourth-order valence-electron chi connectivity index (χ4n) is 1.38. The van der Waals surface area contributed by atoms with E-state index in [1.54, 1.807) is 0 Å². The maximum absolute atomic E-state index is 8.70. The van der Waals surface area contributed by atoms with Gasteiger partial charge < -0.3 is 15.9 Å². The van der Waals surface area contributed by atoms with E-state index in [2.05, 4.69) is 0 Å². The zero-order chi connectivity index (χ0) is 8.27. The van der Waals surface area contributed by atoms with Crippen LogP contribution in [0.5, 0.6) is 0 Å². The van der Waals surface area contributed by atoms with Crippen LogP contribution in [0.25, 0.3) is 0 Å². The minimum absolute atomic E-state index is 0.0422. The Hall–Kier alpha value is -0.960. The summed E-state index contributed by atoms with van der Waals surface area (Å²) in [6.07, 6.45) is 4.29. The predicted octanol–water partition coefficient (Wildman–Crippen LogP) is 1.38. The molecule has 1 rings (SSSR count). The predicted molar refractivity (Wildman–Crippen MR) is 43.3 cm³/mol. The van der Waals surface area contributed by atoms with Gasteiger partial charge in [-0.05, 0) is 30.4 Å². The lowest BCUT2D eigenvalue weighted by molar-refractivity contribution is 0.438. The summed E-state index contributed by atoms with van der Waals surface area (Å²) in [6, 6.07) is 0.0422. The maximum atomic E-state index is 8.70. The van der Waals surface area contributed by atoms with E-state index in [1.165, 1.54) is 0 Å². The van der Waals surface area contributed by atoms with Gasteiger partial charge in [0.1, 0.15) is 0 Å². The minimum atomic E-state index is 0.0422. The summed E-state index contributed by atoms with van der Waals surface area (Å²) in [5, 5.41) is 17.4. The number of aliphatic hydroxyl groups is 2. The molecule has 0 amide bonds. The summed E-state index contributed by atoms with van der Waals surface area (Å²) in [5.41, 5.74) is 7.45.